The summed E-state index contributed by atoms with van der Waals surface area (Å²) in [5.74, 6) is 0.801. The number of hydrogen-bond acceptors (Lipinski definition) is 3. The number of anilines is 3. The van der Waals surface area contributed by atoms with Crippen LogP contribution < -0.4 is 4.90 Å². The summed E-state index contributed by atoms with van der Waals surface area (Å²) >= 11 is 0. The average molecular weight is 780 g/mol. The maximum Gasteiger partial charge on any atom is 0.154 e. The van der Waals surface area contributed by atoms with E-state index in [2.05, 4.69) is 210 Å². The van der Waals surface area contributed by atoms with Gasteiger partial charge in [0.2, 0.25) is 0 Å². The van der Waals surface area contributed by atoms with Crippen LogP contribution in [0.4, 0.5) is 17.2 Å². The Morgan fingerprint density at radius 2 is 0.951 bits per heavy atom. The molecule has 0 saturated heterocycles. The van der Waals surface area contributed by atoms with Crippen molar-refractivity contribution < 1.29 is 4.42 Å². The summed E-state index contributed by atoms with van der Waals surface area (Å²) in [6.45, 7) is 0. The molecule has 286 valence electrons. The minimum absolute atomic E-state index is 0.762. The van der Waals surface area contributed by atoms with Gasteiger partial charge in [0.25, 0.3) is 0 Å². The predicted molar refractivity (Wildman–Crippen MR) is 254 cm³/mol. The van der Waals surface area contributed by atoms with Crippen molar-refractivity contribution in [3.8, 4) is 39.1 Å². The zero-order valence-corrected chi connectivity index (χ0v) is 33.1. The van der Waals surface area contributed by atoms with E-state index in [-0.39, 0.29) is 0 Å². The van der Waals surface area contributed by atoms with Crippen LogP contribution in [0.5, 0.6) is 0 Å². The Hall–Kier alpha value is -8.21. The molecule has 61 heavy (non-hydrogen) atoms. The van der Waals surface area contributed by atoms with Crippen molar-refractivity contribution in [2.24, 2.45) is 0 Å². The molecule has 3 heterocycles. The molecule has 4 nitrogen and oxygen atoms in total. The van der Waals surface area contributed by atoms with Gasteiger partial charge < -0.3 is 8.98 Å². The molecule has 3 aromatic heterocycles. The largest absolute Gasteiger partial charge is 0.454 e. The van der Waals surface area contributed by atoms with Gasteiger partial charge >= 0.3 is 0 Å². The van der Waals surface area contributed by atoms with E-state index in [0.29, 0.717) is 0 Å². The summed E-state index contributed by atoms with van der Waals surface area (Å²) in [6, 6.07) is 79.9. The Labute approximate surface area is 352 Å². The molecule has 0 amide bonds. The van der Waals surface area contributed by atoms with E-state index < -0.39 is 0 Å². The van der Waals surface area contributed by atoms with E-state index in [1.165, 1.54) is 49.3 Å². The quantitative estimate of drug-likeness (QED) is 0.162. The molecular formula is C57H37N3O. The van der Waals surface area contributed by atoms with Crippen LogP contribution in [-0.2, 0) is 0 Å². The summed E-state index contributed by atoms with van der Waals surface area (Å²) in [5.41, 5.74) is 14.9. The average Bonchev–Trinajstić information content (AvgIpc) is 3.88. The van der Waals surface area contributed by atoms with Crippen LogP contribution in [0.2, 0.25) is 0 Å². The van der Waals surface area contributed by atoms with Crippen molar-refractivity contribution in [3.63, 3.8) is 0 Å². The molecule has 0 N–H and O–H groups in total. The molecule has 0 radical (unpaired) electrons. The van der Waals surface area contributed by atoms with Gasteiger partial charge in [0.05, 0.1) is 16.7 Å². The van der Waals surface area contributed by atoms with Gasteiger partial charge in [-0.2, -0.15) is 0 Å². The number of furan rings is 1. The molecule has 4 heteroatoms. The Balaban J connectivity index is 1.02. The van der Waals surface area contributed by atoms with Gasteiger partial charge in [-0.25, -0.2) is 4.98 Å². The zero-order valence-electron chi connectivity index (χ0n) is 33.1. The second kappa shape index (κ2) is 14.3. The highest BCUT2D eigenvalue weighted by atomic mass is 16.3. The van der Waals surface area contributed by atoms with Gasteiger partial charge in [-0.3, -0.25) is 4.90 Å². The number of aromatic nitrogens is 2. The van der Waals surface area contributed by atoms with E-state index >= 15 is 0 Å². The topological polar surface area (TPSA) is 34.2 Å². The summed E-state index contributed by atoms with van der Waals surface area (Å²) in [4.78, 5) is 7.68. The van der Waals surface area contributed by atoms with Crippen molar-refractivity contribution in [2.75, 3.05) is 4.90 Å². The molecule has 12 aromatic rings. The number of benzene rings is 9. The smallest absolute Gasteiger partial charge is 0.154 e. The SMILES string of the molecule is c1ccc(-c2ccc(-c3cccc(N(c4ccc5oc6ccccc6c5n4)c4ccccc4-c4ccc(-n5c6ccccc6c6ccccc65)cc4)c3)c3ccccc23)cc1. The van der Waals surface area contributed by atoms with Crippen molar-refractivity contribution in [2.45, 2.75) is 0 Å². The van der Waals surface area contributed by atoms with E-state index in [0.717, 1.165) is 61.6 Å². The highest BCUT2D eigenvalue weighted by Gasteiger charge is 2.21. The summed E-state index contributed by atoms with van der Waals surface area (Å²) in [6.07, 6.45) is 0. The maximum absolute atomic E-state index is 6.26. The fourth-order valence-electron chi connectivity index (χ4n) is 9.24. The Bertz CT molecular complexity index is 3550. The Morgan fingerprint density at radius 1 is 0.377 bits per heavy atom. The molecule has 0 aliphatic heterocycles. The first-order valence-corrected chi connectivity index (χ1v) is 20.7. The molecule has 0 aliphatic carbocycles. The first-order valence-electron chi connectivity index (χ1n) is 20.7. The molecule has 0 bridgehead atoms. The third kappa shape index (κ3) is 5.80. The van der Waals surface area contributed by atoms with Gasteiger partial charge in [-0.15, -0.1) is 0 Å². The molecule has 0 aliphatic rings. The van der Waals surface area contributed by atoms with Crippen LogP contribution >= 0.6 is 0 Å². The number of fused-ring (bicyclic) bond motifs is 7. The van der Waals surface area contributed by atoms with E-state index in [9.17, 15) is 0 Å². The molecule has 12 rings (SSSR count). The standard InChI is InChI=1S/C57H37N3O/c1-2-15-38(16-3-1)43-33-34-44(47-21-5-4-20-46(43)47)40-17-14-18-42(37-40)60(56-36-35-55-57(58-56)50-24-9-13-28-54(50)61-55)51-25-10-6-19-45(51)39-29-31-41(32-30-39)59-52-26-11-7-22-48(52)49-23-8-12-27-53(49)59/h1-37H. The van der Waals surface area contributed by atoms with Crippen LogP contribution in [0, 0.1) is 0 Å². The Morgan fingerprint density at radius 3 is 1.69 bits per heavy atom. The minimum Gasteiger partial charge on any atom is -0.454 e. The van der Waals surface area contributed by atoms with Crippen molar-refractivity contribution in [1.29, 1.82) is 0 Å². The van der Waals surface area contributed by atoms with Gasteiger partial charge in [-0.1, -0.05) is 158 Å². The maximum atomic E-state index is 6.26. The minimum atomic E-state index is 0.762. The number of hydrogen-bond donors (Lipinski definition) is 0. The lowest BCUT2D eigenvalue weighted by Gasteiger charge is -2.27. The zero-order chi connectivity index (χ0) is 40.3. The normalized spacial score (nSPS) is 11.6. The Kier molecular flexibility index (Phi) is 8.13. The highest BCUT2D eigenvalue weighted by Crippen LogP contribution is 2.44. The molecule has 0 fully saturated rings. The molecular weight excluding hydrogens is 743 g/mol. The van der Waals surface area contributed by atoms with Gasteiger partial charge in [0.15, 0.2) is 5.58 Å². The van der Waals surface area contributed by atoms with E-state index in [1.807, 2.05) is 24.3 Å². The van der Waals surface area contributed by atoms with Gasteiger partial charge in [0.1, 0.15) is 16.9 Å². The first kappa shape index (κ1) is 34.8. The summed E-state index contributed by atoms with van der Waals surface area (Å²) < 4.78 is 8.63. The van der Waals surface area contributed by atoms with Crippen LogP contribution in [-0.4, -0.2) is 9.55 Å². The lowest BCUT2D eigenvalue weighted by molar-refractivity contribution is 0.668. The highest BCUT2D eigenvalue weighted by molar-refractivity contribution is 6.09. The third-order valence-corrected chi connectivity index (χ3v) is 12.0. The van der Waals surface area contributed by atoms with Crippen molar-refractivity contribution >= 4 is 71.8 Å². The van der Waals surface area contributed by atoms with E-state index in [1.54, 1.807) is 0 Å². The molecule has 0 saturated carbocycles. The van der Waals surface area contributed by atoms with Crippen LogP contribution in [0.3, 0.4) is 0 Å². The number of para-hydroxylation sites is 4. The summed E-state index contributed by atoms with van der Waals surface area (Å²) in [5, 5.41) is 5.93. The summed E-state index contributed by atoms with van der Waals surface area (Å²) in [7, 11) is 0. The molecule has 9 aromatic carbocycles. The molecule has 0 spiro atoms. The van der Waals surface area contributed by atoms with Crippen molar-refractivity contribution in [1.82, 2.24) is 9.55 Å². The predicted octanol–water partition coefficient (Wildman–Crippen LogP) is 15.7. The molecule has 0 atom stereocenters. The van der Waals surface area contributed by atoms with Gasteiger partial charge in [-0.05, 0) is 105 Å². The van der Waals surface area contributed by atoms with Gasteiger partial charge in [0, 0.05) is 33.1 Å². The third-order valence-electron chi connectivity index (χ3n) is 12.0. The lowest BCUT2D eigenvalue weighted by Crippen LogP contribution is -2.13. The van der Waals surface area contributed by atoms with Crippen molar-refractivity contribution in [3.05, 3.63) is 224 Å². The number of nitrogens with zero attached hydrogens (tertiary/aromatic N) is 3. The van der Waals surface area contributed by atoms with Crippen LogP contribution in [0.25, 0.3) is 93.7 Å². The van der Waals surface area contributed by atoms with Crippen LogP contribution in [0.1, 0.15) is 0 Å². The lowest BCUT2D eigenvalue weighted by atomic mass is 9.92. The second-order valence-electron chi connectivity index (χ2n) is 15.5. The second-order valence-corrected chi connectivity index (χ2v) is 15.5. The van der Waals surface area contributed by atoms with E-state index in [4.69, 9.17) is 9.40 Å². The number of rotatable bonds is 7. The monoisotopic (exact) mass is 779 g/mol. The fraction of sp³-hybridized carbons (Fsp3) is 0. The fourth-order valence-corrected chi connectivity index (χ4v) is 9.24. The molecule has 0 unspecified atom stereocenters. The first-order chi connectivity index (χ1) is 30.3. The van der Waals surface area contributed by atoms with Crippen LogP contribution in [0.15, 0.2) is 229 Å². The number of pyridine rings is 1.